The first kappa shape index (κ1) is 44.6. The quantitative estimate of drug-likeness (QED) is 0.0615. The van der Waals surface area contributed by atoms with E-state index < -0.39 is 108 Å². The van der Waals surface area contributed by atoms with Crippen LogP contribution in [-0.4, -0.2) is 135 Å². The van der Waals surface area contributed by atoms with Crippen LogP contribution in [0.3, 0.4) is 0 Å². The van der Waals surface area contributed by atoms with Gasteiger partial charge < -0.3 is 64.1 Å². The lowest BCUT2D eigenvalue weighted by atomic mass is 9.78. The van der Waals surface area contributed by atoms with Crippen LogP contribution in [-0.2, 0) is 29.1 Å². The highest BCUT2D eigenvalue weighted by Gasteiger charge is 2.51. The van der Waals surface area contributed by atoms with Gasteiger partial charge in [-0.3, -0.25) is 4.79 Å². The summed E-state index contributed by atoms with van der Waals surface area (Å²) in [7, 11) is -4.49. The summed E-state index contributed by atoms with van der Waals surface area (Å²) in [4.78, 5) is 15.2. The second kappa shape index (κ2) is 18.9. The predicted octanol–water partition coefficient (Wildman–Crippen LogP) is 1.09. The van der Waals surface area contributed by atoms with Gasteiger partial charge in [-0.2, -0.15) is 8.42 Å². The molecule has 3 saturated heterocycles. The summed E-state index contributed by atoms with van der Waals surface area (Å²) in [5.41, 5.74) is 3.66. The Labute approximate surface area is 350 Å². The van der Waals surface area contributed by atoms with Crippen molar-refractivity contribution in [1.29, 1.82) is 0 Å². The van der Waals surface area contributed by atoms with E-state index in [1.165, 1.54) is 36.4 Å². The Hall–Kier alpha value is -4.41. The molecule has 0 aliphatic carbocycles. The zero-order valence-electron chi connectivity index (χ0n) is 32.5. The van der Waals surface area contributed by atoms with E-state index in [1.54, 1.807) is 17.0 Å². The number of amides is 1. The summed E-state index contributed by atoms with van der Waals surface area (Å²) in [6.45, 7) is -1.59. The summed E-state index contributed by atoms with van der Waals surface area (Å²) < 4.78 is 61.5. The summed E-state index contributed by atoms with van der Waals surface area (Å²) >= 11 is 0. The maximum Gasteiger partial charge on any atom is 0.311 e. The van der Waals surface area contributed by atoms with Crippen molar-refractivity contribution >= 4 is 21.7 Å². The second-order valence-electron chi connectivity index (χ2n) is 15.4. The van der Waals surface area contributed by atoms with Crippen LogP contribution >= 0.6 is 0 Å². The molecule has 18 heteroatoms. The Morgan fingerprint density at radius 3 is 1.93 bits per heavy atom. The monoisotopic (exact) mass is 869 g/mol. The molecule has 13 atom stereocenters. The molecule has 0 radical (unpaired) electrons. The minimum Gasteiger partial charge on any atom is -0.394 e. The predicted molar refractivity (Wildman–Crippen MR) is 213 cm³/mol. The Morgan fingerprint density at radius 1 is 0.705 bits per heavy atom. The molecule has 0 saturated carbocycles. The van der Waals surface area contributed by atoms with Gasteiger partial charge in [-0.1, -0.05) is 66.7 Å². The van der Waals surface area contributed by atoms with Gasteiger partial charge in [0.15, 0.2) is 6.29 Å². The number of aliphatic hydroxyl groups excluding tert-OH is 8. The van der Waals surface area contributed by atoms with E-state index >= 15 is 0 Å². The fourth-order valence-corrected chi connectivity index (χ4v) is 9.19. The van der Waals surface area contributed by atoms with Crippen molar-refractivity contribution in [2.75, 3.05) is 23.9 Å². The van der Waals surface area contributed by atoms with Gasteiger partial charge in [0.1, 0.15) is 72.3 Å². The first-order valence-electron chi connectivity index (χ1n) is 19.7. The zero-order chi connectivity index (χ0) is 43.6. The maximum absolute atomic E-state index is 13.5. The zero-order valence-corrected chi connectivity index (χ0v) is 33.3. The van der Waals surface area contributed by atoms with Gasteiger partial charge in [-0.15, -0.1) is 0 Å². The first-order valence-corrected chi connectivity index (χ1v) is 21.3. The van der Waals surface area contributed by atoms with Crippen molar-refractivity contribution < 1.29 is 76.8 Å². The Bertz CT molecular complexity index is 2180. The van der Waals surface area contributed by atoms with Crippen molar-refractivity contribution in [3.63, 3.8) is 0 Å². The molecule has 4 aromatic carbocycles. The van der Waals surface area contributed by atoms with Gasteiger partial charge in [0, 0.05) is 5.69 Å². The normalized spacial score (nSPS) is 31.0. The molecule has 4 aromatic rings. The molecular weight excluding hydrogens is 822 g/mol. The standard InChI is InChI=1S/C43H48FNO15S/c44-27-14-10-25(11-15-27)31(48)19-18-30-35(45(42(30)54)28-4-2-1-3-5-28)26-8-6-23(7-9-26)24-12-16-29(17-13-24)60-61(55,56)22-34-37(50)39(52)41(33(21-47)57-34)59-43-40(53)38(51)36(49)32(20-46)58-43/h1-17,30-41,43,46-53H,18-22H2/t30-,31+,32?,33?,34+,35-,36-,37?,38+,39-,40?,41-,43+/m1/s1. The fourth-order valence-electron chi connectivity index (χ4n) is 8.04. The van der Waals surface area contributed by atoms with Gasteiger partial charge in [-0.05, 0) is 71.5 Å². The van der Waals surface area contributed by atoms with E-state index in [9.17, 15) is 58.5 Å². The fraction of sp³-hybridized carbons (Fsp3) is 0.419. The Morgan fingerprint density at radius 2 is 1.31 bits per heavy atom. The average Bonchev–Trinajstić information content (AvgIpc) is 3.26. The van der Waals surface area contributed by atoms with Crippen LogP contribution < -0.4 is 9.08 Å². The molecule has 0 aromatic heterocycles. The third-order valence-corrected chi connectivity index (χ3v) is 12.6. The molecule has 3 aliphatic rings. The number of nitrogens with zero attached hydrogens (tertiary/aromatic N) is 1. The SMILES string of the molecule is O=C1[C@H](CC[C@H](O)c2ccc(F)cc2)[C@@H](c2ccc(-c3ccc(OS(=O)(=O)C[C@@H]4OC(CO)[C@@H](O[C@@H]5OC(CO)[C@@H](O)[C@H](O)C5O)[C@H](O)C4O)cc3)cc2)N1c1ccccc1. The molecular formula is C43H48FNO15S. The summed E-state index contributed by atoms with van der Waals surface area (Å²) in [5.74, 6) is -1.91. The highest BCUT2D eigenvalue weighted by Crippen LogP contribution is 2.46. The van der Waals surface area contributed by atoms with Gasteiger partial charge in [0.2, 0.25) is 5.91 Å². The first-order chi connectivity index (χ1) is 29.2. The number of ether oxygens (including phenoxy) is 3. The van der Waals surface area contributed by atoms with Crippen LogP contribution in [0.25, 0.3) is 11.1 Å². The van der Waals surface area contributed by atoms with Crippen LogP contribution in [0.15, 0.2) is 103 Å². The van der Waals surface area contributed by atoms with Crippen LogP contribution in [0.1, 0.15) is 36.1 Å². The topological polar surface area (TPSA) is 253 Å². The number of rotatable bonds is 15. The third-order valence-electron chi connectivity index (χ3n) is 11.4. The largest absolute Gasteiger partial charge is 0.394 e. The molecule has 7 rings (SSSR count). The average molecular weight is 870 g/mol. The van der Waals surface area contributed by atoms with E-state index in [0.29, 0.717) is 24.0 Å². The molecule has 4 unspecified atom stereocenters. The van der Waals surface area contributed by atoms with Crippen LogP contribution in [0.5, 0.6) is 5.75 Å². The molecule has 3 aliphatic heterocycles. The van der Waals surface area contributed by atoms with E-state index in [2.05, 4.69) is 0 Å². The lowest BCUT2D eigenvalue weighted by Gasteiger charge is -2.48. The molecule has 0 bridgehead atoms. The molecule has 328 valence electrons. The number of para-hydroxylation sites is 1. The highest BCUT2D eigenvalue weighted by atomic mass is 32.2. The van der Waals surface area contributed by atoms with Crippen molar-refractivity contribution in [3.05, 3.63) is 120 Å². The smallest absolute Gasteiger partial charge is 0.311 e. The van der Waals surface area contributed by atoms with E-state index in [0.717, 1.165) is 16.8 Å². The van der Waals surface area contributed by atoms with Gasteiger partial charge in [-0.25, -0.2) is 4.39 Å². The lowest BCUT2D eigenvalue weighted by Crippen LogP contribution is -2.65. The minimum atomic E-state index is -4.49. The van der Waals surface area contributed by atoms with Crippen molar-refractivity contribution in [2.24, 2.45) is 5.92 Å². The van der Waals surface area contributed by atoms with Crippen LogP contribution in [0.2, 0.25) is 0 Å². The Kier molecular flexibility index (Phi) is 13.8. The number of aliphatic hydroxyl groups is 8. The van der Waals surface area contributed by atoms with Crippen LogP contribution in [0, 0.1) is 11.7 Å². The molecule has 3 heterocycles. The van der Waals surface area contributed by atoms with Crippen molar-refractivity contribution in [1.82, 2.24) is 0 Å². The minimum absolute atomic E-state index is 0.0640. The number of anilines is 1. The second-order valence-corrected chi connectivity index (χ2v) is 17.0. The third kappa shape index (κ3) is 9.65. The van der Waals surface area contributed by atoms with Gasteiger partial charge in [0.25, 0.3) is 0 Å². The summed E-state index contributed by atoms with van der Waals surface area (Å²) in [6, 6.07) is 28.3. The Balaban J connectivity index is 0.983. The number of halogens is 1. The highest BCUT2D eigenvalue weighted by molar-refractivity contribution is 7.87. The van der Waals surface area contributed by atoms with E-state index in [4.69, 9.17) is 18.4 Å². The molecule has 1 amide bonds. The lowest BCUT2D eigenvalue weighted by molar-refractivity contribution is -0.341. The van der Waals surface area contributed by atoms with Crippen molar-refractivity contribution in [3.8, 4) is 16.9 Å². The van der Waals surface area contributed by atoms with Gasteiger partial charge >= 0.3 is 10.1 Å². The van der Waals surface area contributed by atoms with Crippen LogP contribution in [0.4, 0.5) is 10.1 Å². The van der Waals surface area contributed by atoms with Crippen molar-refractivity contribution in [2.45, 2.75) is 86.2 Å². The number of β-lactam (4-membered cyclic amide) rings is 1. The summed E-state index contributed by atoms with van der Waals surface area (Å²) in [5, 5.41) is 82.5. The molecule has 0 spiro atoms. The molecule has 61 heavy (non-hydrogen) atoms. The number of hydrogen-bond donors (Lipinski definition) is 8. The van der Waals surface area contributed by atoms with E-state index in [1.807, 2.05) is 54.6 Å². The summed E-state index contributed by atoms with van der Waals surface area (Å²) in [6.07, 6.45) is -17.0. The maximum atomic E-state index is 13.5. The molecule has 16 nitrogen and oxygen atoms in total. The molecule has 3 fully saturated rings. The number of benzene rings is 4. The number of carbonyl (C=O) groups is 1. The molecule has 8 N–H and O–H groups in total. The van der Waals surface area contributed by atoms with E-state index in [-0.39, 0.29) is 17.7 Å². The number of carbonyl (C=O) groups excluding carboxylic acids is 1. The number of hydrogen-bond acceptors (Lipinski definition) is 15. The van der Waals surface area contributed by atoms with Gasteiger partial charge in [0.05, 0.1) is 31.3 Å².